The summed E-state index contributed by atoms with van der Waals surface area (Å²) >= 11 is 3.38. The number of fused-ring (bicyclic) bond motifs is 1. The largest absolute Gasteiger partial charge is 0.465 e. The van der Waals surface area contributed by atoms with Crippen LogP contribution in [-0.4, -0.2) is 59.2 Å². The number of nitrogens with zero attached hydrogens (tertiary/aromatic N) is 5. The second-order valence-corrected chi connectivity index (χ2v) is 6.73. The van der Waals surface area contributed by atoms with E-state index in [0.717, 1.165) is 0 Å². The molecule has 0 aromatic carbocycles. The zero-order valence-corrected chi connectivity index (χ0v) is 14.7. The van der Waals surface area contributed by atoms with E-state index in [1.54, 1.807) is 4.68 Å². The average Bonchev–Trinajstić information content (AvgIpc) is 2.87. The minimum atomic E-state index is -1.13. The molecule has 1 saturated heterocycles. The van der Waals surface area contributed by atoms with E-state index < -0.39 is 11.7 Å². The monoisotopic (exact) mass is 399 g/mol. The molecule has 2 N–H and O–H groups in total. The van der Waals surface area contributed by atoms with Crippen LogP contribution in [0.4, 0.5) is 4.79 Å². The Bertz CT molecular complexity index is 838. The molecule has 2 aromatic rings. The number of rotatable bonds is 3. The lowest BCUT2D eigenvalue weighted by molar-refractivity contribution is -0.0304. The lowest BCUT2D eigenvalue weighted by Crippen LogP contribution is -2.49. The van der Waals surface area contributed by atoms with Gasteiger partial charge in [0.1, 0.15) is 10.1 Å². The maximum Gasteiger partial charge on any atom is 0.407 e. The van der Waals surface area contributed by atoms with Crippen LogP contribution < -0.4 is 5.56 Å². The average molecular weight is 400 g/mol. The van der Waals surface area contributed by atoms with Crippen molar-refractivity contribution in [2.75, 3.05) is 13.1 Å². The predicted octanol–water partition coefficient (Wildman–Crippen LogP) is 0.880. The third-order valence-corrected chi connectivity index (χ3v) is 5.17. The van der Waals surface area contributed by atoms with Crippen LogP contribution in [0.25, 0.3) is 11.0 Å². The SMILES string of the molecule is CCn1nc2c(=O)n(CC3(O)CCN(C(=O)O)CC3)cnc2c1Br. The smallest absolute Gasteiger partial charge is 0.407 e. The number of likely N-dealkylation sites (tertiary alicyclic amines) is 1. The summed E-state index contributed by atoms with van der Waals surface area (Å²) in [5.74, 6) is 0. The zero-order valence-electron chi connectivity index (χ0n) is 13.1. The van der Waals surface area contributed by atoms with Gasteiger partial charge in [0.25, 0.3) is 5.56 Å². The van der Waals surface area contributed by atoms with Crippen molar-refractivity contribution in [3.05, 3.63) is 21.3 Å². The van der Waals surface area contributed by atoms with Crippen molar-refractivity contribution in [2.45, 2.75) is 38.5 Å². The number of aryl methyl sites for hydroxylation is 1. The highest BCUT2D eigenvalue weighted by molar-refractivity contribution is 9.10. The summed E-state index contributed by atoms with van der Waals surface area (Å²) in [4.78, 5) is 29.1. The second-order valence-electron chi connectivity index (χ2n) is 5.98. The Morgan fingerprint density at radius 1 is 1.38 bits per heavy atom. The number of piperidine rings is 1. The first-order chi connectivity index (χ1) is 11.3. The number of hydrogen-bond donors (Lipinski definition) is 2. The van der Waals surface area contributed by atoms with Crippen LogP contribution in [0.1, 0.15) is 19.8 Å². The molecular weight excluding hydrogens is 382 g/mol. The molecule has 0 saturated carbocycles. The maximum atomic E-state index is 12.6. The molecule has 3 heterocycles. The van der Waals surface area contributed by atoms with Gasteiger partial charge in [0.2, 0.25) is 0 Å². The lowest BCUT2D eigenvalue weighted by Gasteiger charge is -2.37. The molecule has 0 aliphatic carbocycles. The minimum absolute atomic E-state index is 0.0683. The standard InChI is InChI=1S/C14H18BrN5O4/c1-2-20-11(15)9-10(17-20)12(21)19(8-16-9)7-14(24)3-5-18(6-4-14)13(22)23/h8,24H,2-7H2,1H3,(H,22,23). The number of carbonyl (C=O) groups is 1. The second kappa shape index (κ2) is 6.17. The summed E-state index contributed by atoms with van der Waals surface area (Å²) in [7, 11) is 0. The van der Waals surface area contributed by atoms with Crippen molar-refractivity contribution in [3.63, 3.8) is 0 Å². The van der Waals surface area contributed by atoms with E-state index in [1.807, 2.05) is 6.92 Å². The number of carboxylic acid groups (broad SMARTS) is 1. The van der Waals surface area contributed by atoms with Crippen molar-refractivity contribution in [3.8, 4) is 0 Å². The molecule has 24 heavy (non-hydrogen) atoms. The Kier molecular flexibility index (Phi) is 4.35. The maximum absolute atomic E-state index is 12.6. The Hall–Kier alpha value is -1.94. The van der Waals surface area contributed by atoms with Crippen LogP contribution in [0, 0.1) is 0 Å². The van der Waals surface area contributed by atoms with Crippen molar-refractivity contribution < 1.29 is 15.0 Å². The molecule has 2 aromatic heterocycles. The molecule has 0 unspecified atom stereocenters. The Balaban J connectivity index is 1.87. The number of aromatic nitrogens is 4. The third kappa shape index (κ3) is 2.91. The van der Waals surface area contributed by atoms with Gasteiger partial charge in [-0.1, -0.05) is 0 Å². The number of halogens is 1. The fourth-order valence-corrected chi connectivity index (χ4v) is 3.54. The summed E-state index contributed by atoms with van der Waals surface area (Å²) in [5, 5.41) is 23.9. The minimum Gasteiger partial charge on any atom is -0.465 e. The summed E-state index contributed by atoms with van der Waals surface area (Å²) in [6.45, 7) is 3.07. The molecule has 0 atom stereocenters. The van der Waals surface area contributed by atoms with E-state index in [1.165, 1.54) is 15.8 Å². The van der Waals surface area contributed by atoms with Gasteiger partial charge in [0.15, 0.2) is 5.52 Å². The molecular formula is C14H18BrN5O4. The fraction of sp³-hybridized carbons (Fsp3) is 0.571. The molecule has 130 valence electrons. The Labute approximate surface area is 145 Å². The Morgan fingerprint density at radius 2 is 2.04 bits per heavy atom. The molecule has 1 aliphatic heterocycles. The highest BCUT2D eigenvalue weighted by Gasteiger charge is 2.34. The van der Waals surface area contributed by atoms with E-state index >= 15 is 0 Å². The Morgan fingerprint density at radius 3 is 2.62 bits per heavy atom. The van der Waals surface area contributed by atoms with E-state index in [-0.39, 0.29) is 43.6 Å². The van der Waals surface area contributed by atoms with Gasteiger partial charge in [-0.25, -0.2) is 9.78 Å². The van der Waals surface area contributed by atoms with Gasteiger partial charge in [-0.15, -0.1) is 0 Å². The zero-order chi connectivity index (χ0) is 17.5. The van der Waals surface area contributed by atoms with Crippen molar-refractivity contribution >= 4 is 33.1 Å². The fourth-order valence-electron chi connectivity index (χ4n) is 2.92. The van der Waals surface area contributed by atoms with Crippen LogP contribution in [0.5, 0.6) is 0 Å². The first-order valence-corrected chi connectivity index (χ1v) is 8.45. The predicted molar refractivity (Wildman–Crippen MR) is 88.9 cm³/mol. The van der Waals surface area contributed by atoms with Crippen molar-refractivity contribution in [1.29, 1.82) is 0 Å². The number of aliphatic hydroxyl groups is 1. The molecule has 0 spiro atoms. The third-order valence-electron chi connectivity index (χ3n) is 4.39. The summed E-state index contributed by atoms with van der Waals surface area (Å²) in [6, 6.07) is 0. The summed E-state index contributed by atoms with van der Waals surface area (Å²) < 4.78 is 3.64. The van der Waals surface area contributed by atoms with E-state index in [9.17, 15) is 14.7 Å². The molecule has 0 bridgehead atoms. The van der Waals surface area contributed by atoms with Crippen LogP contribution in [0.3, 0.4) is 0 Å². The van der Waals surface area contributed by atoms with Gasteiger partial charge in [-0.05, 0) is 35.7 Å². The molecule has 1 fully saturated rings. The molecule has 1 aliphatic rings. The quantitative estimate of drug-likeness (QED) is 0.791. The van der Waals surface area contributed by atoms with Crippen LogP contribution in [0.2, 0.25) is 0 Å². The highest BCUT2D eigenvalue weighted by atomic mass is 79.9. The number of hydrogen-bond acceptors (Lipinski definition) is 5. The molecule has 3 rings (SSSR count). The van der Waals surface area contributed by atoms with Gasteiger partial charge in [-0.2, -0.15) is 5.10 Å². The summed E-state index contributed by atoms with van der Waals surface area (Å²) in [6.07, 6.45) is 0.958. The van der Waals surface area contributed by atoms with Gasteiger partial charge in [0, 0.05) is 19.6 Å². The first kappa shape index (κ1) is 16.9. The highest BCUT2D eigenvalue weighted by Crippen LogP contribution is 2.24. The summed E-state index contributed by atoms with van der Waals surface area (Å²) in [5.41, 5.74) is -0.707. The molecule has 0 radical (unpaired) electrons. The molecule has 10 heteroatoms. The van der Waals surface area contributed by atoms with Gasteiger partial charge >= 0.3 is 6.09 Å². The topological polar surface area (TPSA) is 113 Å². The van der Waals surface area contributed by atoms with Gasteiger partial charge in [0.05, 0.1) is 18.5 Å². The van der Waals surface area contributed by atoms with Crippen LogP contribution in [-0.2, 0) is 13.1 Å². The van der Waals surface area contributed by atoms with Crippen LogP contribution >= 0.6 is 15.9 Å². The molecule has 9 nitrogen and oxygen atoms in total. The van der Waals surface area contributed by atoms with E-state index in [4.69, 9.17) is 5.11 Å². The lowest BCUT2D eigenvalue weighted by atomic mass is 9.91. The van der Waals surface area contributed by atoms with E-state index in [2.05, 4.69) is 26.0 Å². The first-order valence-electron chi connectivity index (χ1n) is 7.66. The van der Waals surface area contributed by atoms with Gasteiger partial charge in [-0.3, -0.25) is 14.0 Å². The van der Waals surface area contributed by atoms with Crippen molar-refractivity contribution in [1.82, 2.24) is 24.2 Å². The molecule has 1 amide bonds. The number of amides is 1. The van der Waals surface area contributed by atoms with Crippen molar-refractivity contribution in [2.24, 2.45) is 0 Å². The van der Waals surface area contributed by atoms with Crippen LogP contribution in [0.15, 0.2) is 15.7 Å². The van der Waals surface area contributed by atoms with E-state index in [0.29, 0.717) is 16.7 Å². The van der Waals surface area contributed by atoms with Gasteiger partial charge < -0.3 is 15.1 Å². The normalized spacial score (nSPS) is 17.4.